The summed E-state index contributed by atoms with van der Waals surface area (Å²) >= 11 is 0. The first-order chi connectivity index (χ1) is 12.2. The average Bonchev–Trinajstić information content (AvgIpc) is 2.66. The molecule has 0 spiro atoms. The molecule has 25 heavy (non-hydrogen) atoms. The molecule has 0 heterocycles. The molecule has 0 aliphatic carbocycles. The van der Waals surface area contributed by atoms with Gasteiger partial charge in [0.1, 0.15) is 5.75 Å². The molecule has 0 bridgehead atoms. The van der Waals surface area contributed by atoms with Crippen molar-refractivity contribution in [3.05, 3.63) is 65.7 Å². The summed E-state index contributed by atoms with van der Waals surface area (Å²) in [5.41, 5.74) is 2.32. The fourth-order valence-electron chi connectivity index (χ4n) is 4.03. The molecule has 0 saturated carbocycles. The Hall–Kier alpha value is -1.76. The highest BCUT2D eigenvalue weighted by Crippen LogP contribution is 2.43. The highest BCUT2D eigenvalue weighted by atomic mass is 16.3. The van der Waals surface area contributed by atoms with E-state index in [1.807, 2.05) is 18.2 Å². The number of hydrogen-bond acceptors (Lipinski definition) is 1. The summed E-state index contributed by atoms with van der Waals surface area (Å²) in [5, 5.41) is 10.5. The topological polar surface area (TPSA) is 20.2 Å². The Kier molecular flexibility index (Phi) is 8.04. The van der Waals surface area contributed by atoms with Gasteiger partial charge in [0.25, 0.3) is 0 Å². The molecule has 1 atom stereocenters. The maximum absolute atomic E-state index is 10.5. The standard InChI is InChI=1S/C24H34O/c1-3-5-6-7-8-9-15-20-24(4-2,21-16-11-10-12-17-21)22-18-13-14-19-23(22)25/h10-14,16-19,25H,3-9,15,20H2,1-2H3. The summed E-state index contributed by atoms with van der Waals surface area (Å²) in [6.45, 7) is 4.52. The molecule has 136 valence electrons. The highest BCUT2D eigenvalue weighted by molar-refractivity contribution is 5.46. The van der Waals surface area contributed by atoms with Crippen molar-refractivity contribution < 1.29 is 5.11 Å². The first-order valence-electron chi connectivity index (χ1n) is 10.1. The van der Waals surface area contributed by atoms with Crippen LogP contribution in [-0.4, -0.2) is 5.11 Å². The maximum Gasteiger partial charge on any atom is 0.119 e. The number of phenolic OH excluding ortho intramolecular Hbond substituents is 1. The van der Waals surface area contributed by atoms with Crippen LogP contribution in [0.5, 0.6) is 5.75 Å². The summed E-state index contributed by atoms with van der Waals surface area (Å²) in [5.74, 6) is 0.427. The maximum atomic E-state index is 10.5. The van der Waals surface area contributed by atoms with E-state index >= 15 is 0 Å². The Morgan fingerprint density at radius 1 is 0.720 bits per heavy atom. The second kappa shape index (κ2) is 10.3. The number of unbranched alkanes of at least 4 members (excludes halogenated alkanes) is 6. The van der Waals surface area contributed by atoms with E-state index in [9.17, 15) is 5.11 Å². The molecule has 0 saturated heterocycles. The molecule has 0 aliphatic rings. The summed E-state index contributed by atoms with van der Waals surface area (Å²) in [7, 11) is 0. The van der Waals surface area contributed by atoms with Crippen LogP contribution in [0.3, 0.4) is 0 Å². The molecule has 0 amide bonds. The molecule has 2 rings (SSSR count). The number of benzene rings is 2. The van der Waals surface area contributed by atoms with E-state index in [-0.39, 0.29) is 5.41 Å². The van der Waals surface area contributed by atoms with Crippen LogP contribution in [0, 0.1) is 0 Å². The fourth-order valence-corrected chi connectivity index (χ4v) is 4.03. The van der Waals surface area contributed by atoms with Gasteiger partial charge in [-0.3, -0.25) is 0 Å². The lowest BCUT2D eigenvalue weighted by molar-refractivity contribution is 0.394. The van der Waals surface area contributed by atoms with Gasteiger partial charge >= 0.3 is 0 Å². The molecule has 0 aliphatic heterocycles. The van der Waals surface area contributed by atoms with Crippen LogP contribution in [0.1, 0.15) is 82.8 Å². The number of phenols is 1. The Morgan fingerprint density at radius 3 is 1.96 bits per heavy atom. The van der Waals surface area contributed by atoms with E-state index in [1.165, 1.54) is 50.5 Å². The van der Waals surface area contributed by atoms with Gasteiger partial charge in [-0.15, -0.1) is 0 Å². The lowest BCUT2D eigenvalue weighted by atomic mass is 9.69. The summed E-state index contributed by atoms with van der Waals surface area (Å²) < 4.78 is 0. The van der Waals surface area contributed by atoms with Crippen LogP contribution in [0.15, 0.2) is 54.6 Å². The first-order valence-corrected chi connectivity index (χ1v) is 10.1. The zero-order valence-electron chi connectivity index (χ0n) is 16.0. The van der Waals surface area contributed by atoms with Gasteiger partial charge in [0.2, 0.25) is 0 Å². The summed E-state index contributed by atoms with van der Waals surface area (Å²) in [4.78, 5) is 0. The van der Waals surface area contributed by atoms with Crippen molar-refractivity contribution >= 4 is 0 Å². The van der Waals surface area contributed by atoms with Crippen LogP contribution >= 0.6 is 0 Å². The third-order valence-corrected chi connectivity index (χ3v) is 5.56. The third kappa shape index (κ3) is 5.11. The van der Waals surface area contributed by atoms with Gasteiger partial charge in [0, 0.05) is 11.0 Å². The van der Waals surface area contributed by atoms with Gasteiger partial charge in [-0.2, -0.15) is 0 Å². The summed E-state index contributed by atoms with van der Waals surface area (Å²) in [6, 6.07) is 18.6. The fraction of sp³-hybridized carbons (Fsp3) is 0.500. The third-order valence-electron chi connectivity index (χ3n) is 5.56. The van der Waals surface area contributed by atoms with Crippen LogP contribution < -0.4 is 0 Å². The van der Waals surface area contributed by atoms with Gasteiger partial charge in [0.05, 0.1) is 0 Å². The van der Waals surface area contributed by atoms with E-state index in [0.717, 1.165) is 18.4 Å². The molecule has 2 aromatic rings. The zero-order valence-corrected chi connectivity index (χ0v) is 16.0. The minimum atomic E-state index is -0.0873. The van der Waals surface area contributed by atoms with Gasteiger partial charge in [-0.05, 0) is 24.5 Å². The minimum absolute atomic E-state index is 0.0873. The smallest absolute Gasteiger partial charge is 0.119 e. The SMILES string of the molecule is CCCCCCCCCC(CC)(c1ccccc1)c1ccccc1O. The Bertz CT molecular complexity index is 605. The van der Waals surface area contributed by atoms with Crippen LogP contribution in [0.4, 0.5) is 0 Å². The van der Waals surface area contributed by atoms with Crippen LogP contribution in [0.2, 0.25) is 0 Å². The van der Waals surface area contributed by atoms with Crippen molar-refractivity contribution in [2.45, 2.75) is 77.0 Å². The van der Waals surface area contributed by atoms with Crippen molar-refractivity contribution in [3.63, 3.8) is 0 Å². The van der Waals surface area contributed by atoms with Crippen LogP contribution in [-0.2, 0) is 5.41 Å². The minimum Gasteiger partial charge on any atom is -0.508 e. The van der Waals surface area contributed by atoms with Crippen molar-refractivity contribution in [1.82, 2.24) is 0 Å². The van der Waals surface area contributed by atoms with Gasteiger partial charge < -0.3 is 5.11 Å². The molecular weight excluding hydrogens is 304 g/mol. The zero-order chi connectivity index (χ0) is 18.0. The normalized spacial score (nSPS) is 13.5. The van der Waals surface area contributed by atoms with E-state index in [0.29, 0.717) is 5.75 Å². The molecule has 1 nitrogen and oxygen atoms in total. The van der Waals surface area contributed by atoms with Gasteiger partial charge in [-0.1, -0.05) is 107 Å². The van der Waals surface area contributed by atoms with E-state index in [1.54, 1.807) is 0 Å². The largest absolute Gasteiger partial charge is 0.508 e. The van der Waals surface area contributed by atoms with Gasteiger partial charge in [0.15, 0.2) is 0 Å². The first kappa shape index (κ1) is 19.6. The van der Waals surface area contributed by atoms with Gasteiger partial charge in [-0.25, -0.2) is 0 Å². The second-order valence-electron chi connectivity index (χ2n) is 7.19. The number of hydrogen-bond donors (Lipinski definition) is 1. The van der Waals surface area contributed by atoms with E-state index in [4.69, 9.17) is 0 Å². The molecular formula is C24H34O. The van der Waals surface area contributed by atoms with E-state index in [2.05, 4.69) is 50.2 Å². The Labute approximate surface area is 154 Å². The molecule has 0 fully saturated rings. The van der Waals surface area contributed by atoms with Crippen molar-refractivity contribution in [2.75, 3.05) is 0 Å². The Balaban J connectivity index is 2.14. The molecule has 1 N–H and O–H groups in total. The summed E-state index contributed by atoms with van der Waals surface area (Å²) in [6.07, 6.45) is 11.3. The quantitative estimate of drug-likeness (QED) is 0.428. The van der Waals surface area contributed by atoms with E-state index < -0.39 is 0 Å². The van der Waals surface area contributed by atoms with Crippen molar-refractivity contribution in [1.29, 1.82) is 0 Å². The molecule has 1 heteroatoms. The number of rotatable bonds is 11. The highest BCUT2D eigenvalue weighted by Gasteiger charge is 2.33. The predicted octanol–water partition coefficient (Wildman–Crippen LogP) is 7.23. The Morgan fingerprint density at radius 2 is 1.32 bits per heavy atom. The molecule has 1 unspecified atom stereocenters. The predicted molar refractivity (Wildman–Crippen MR) is 108 cm³/mol. The second-order valence-corrected chi connectivity index (χ2v) is 7.19. The van der Waals surface area contributed by atoms with Crippen molar-refractivity contribution in [2.24, 2.45) is 0 Å². The molecule has 0 aromatic heterocycles. The average molecular weight is 339 g/mol. The molecule has 0 radical (unpaired) electrons. The van der Waals surface area contributed by atoms with Crippen molar-refractivity contribution in [3.8, 4) is 5.75 Å². The number of aromatic hydroxyl groups is 1. The molecule has 2 aromatic carbocycles. The lowest BCUT2D eigenvalue weighted by Crippen LogP contribution is -2.27. The monoisotopic (exact) mass is 338 g/mol. The van der Waals surface area contributed by atoms with Crippen LogP contribution in [0.25, 0.3) is 0 Å². The number of para-hydroxylation sites is 1. The lowest BCUT2D eigenvalue weighted by Gasteiger charge is -2.35.